The Kier molecular flexibility index (Phi) is 8.85. The molecule has 0 unspecified atom stereocenters. The van der Waals surface area contributed by atoms with Gasteiger partial charge in [0.2, 0.25) is 5.91 Å². The summed E-state index contributed by atoms with van der Waals surface area (Å²) >= 11 is 7.42. The number of H-pyrrole nitrogens is 1. The number of rotatable bonds is 10. The van der Waals surface area contributed by atoms with Gasteiger partial charge in [-0.2, -0.15) is 0 Å². The number of carbonyl (C=O) groups excluding carboxylic acids is 1. The fourth-order valence-electron chi connectivity index (χ4n) is 2.88. The summed E-state index contributed by atoms with van der Waals surface area (Å²) in [6.07, 6.45) is 2.51. The summed E-state index contributed by atoms with van der Waals surface area (Å²) in [7, 11) is 0. The van der Waals surface area contributed by atoms with Crippen molar-refractivity contribution in [2.75, 3.05) is 22.9 Å². The minimum atomic E-state index is -0.632. The maximum Gasteiger partial charge on any atom is 0.330 e. The molecular formula is C20H27ClN4O3S. The molecule has 0 aliphatic carbocycles. The smallest absolute Gasteiger partial charge is 0.330 e. The molecule has 7 nitrogen and oxygen atoms in total. The van der Waals surface area contributed by atoms with E-state index in [0.717, 1.165) is 17.7 Å². The van der Waals surface area contributed by atoms with Gasteiger partial charge in [0.1, 0.15) is 5.82 Å². The van der Waals surface area contributed by atoms with Crippen molar-refractivity contribution in [3.63, 3.8) is 0 Å². The van der Waals surface area contributed by atoms with Gasteiger partial charge >= 0.3 is 5.69 Å². The number of aromatic amines is 1. The van der Waals surface area contributed by atoms with E-state index >= 15 is 0 Å². The third-order valence-electron chi connectivity index (χ3n) is 4.37. The van der Waals surface area contributed by atoms with Crippen molar-refractivity contribution in [2.24, 2.45) is 0 Å². The van der Waals surface area contributed by atoms with Crippen LogP contribution in [0.1, 0.15) is 39.5 Å². The Bertz CT molecular complexity index is 940. The van der Waals surface area contributed by atoms with Crippen LogP contribution in [0, 0.1) is 0 Å². The number of amides is 1. The molecule has 1 amide bonds. The van der Waals surface area contributed by atoms with Crippen LogP contribution < -0.4 is 21.9 Å². The molecule has 1 aromatic carbocycles. The highest BCUT2D eigenvalue weighted by Gasteiger charge is 2.23. The van der Waals surface area contributed by atoms with Crippen molar-refractivity contribution >= 4 is 40.8 Å². The molecule has 0 spiro atoms. The Morgan fingerprint density at radius 2 is 1.90 bits per heavy atom. The fourth-order valence-corrected chi connectivity index (χ4v) is 3.85. The van der Waals surface area contributed by atoms with Crippen molar-refractivity contribution in [1.29, 1.82) is 0 Å². The molecule has 158 valence electrons. The number of unbranched alkanes of at least 4 members (excludes halogenated alkanes) is 1. The van der Waals surface area contributed by atoms with Gasteiger partial charge in [-0.1, -0.05) is 31.9 Å². The first-order chi connectivity index (χ1) is 13.9. The second-order valence-corrected chi connectivity index (χ2v) is 8.20. The summed E-state index contributed by atoms with van der Waals surface area (Å²) in [5.41, 5.74) is 5.04. The van der Waals surface area contributed by atoms with Crippen LogP contribution in [0.5, 0.6) is 0 Å². The van der Waals surface area contributed by atoms with Crippen LogP contribution in [0.4, 0.5) is 11.5 Å². The molecule has 1 heterocycles. The van der Waals surface area contributed by atoms with E-state index in [1.165, 1.54) is 21.2 Å². The molecule has 0 aliphatic rings. The number of hydrogen-bond donors (Lipinski definition) is 2. The molecule has 0 bridgehead atoms. The van der Waals surface area contributed by atoms with Crippen LogP contribution >= 0.6 is 23.4 Å². The monoisotopic (exact) mass is 438 g/mol. The molecule has 0 atom stereocenters. The zero-order valence-corrected chi connectivity index (χ0v) is 18.3. The molecular weight excluding hydrogens is 412 g/mol. The normalized spacial score (nSPS) is 10.9. The molecule has 0 aliphatic heterocycles. The van der Waals surface area contributed by atoms with Gasteiger partial charge in [-0.15, -0.1) is 11.8 Å². The van der Waals surface area contributed by atoms with Gasteiger partial charge in [0, 0.05) is 35.2 Å². The summed E-state index contributed by atoms with van der Waals surface area (Å²) in [6.45, 7) is 4.66. The van der Waals surface area contributed by atoms with Gasteiger partial charge in [-0.3, -0.25) is 19.1 Å². The van der Waals surface area contributed by atoms with Crippen molar-refractivity contribution in [1.82, 2.24) is 9.55 Å². The average molecular weight is 439 g/mol. The molecule has 9 heteroatoms. The van der Waals surface area contributed by atoms with Gasteiger partial charge in [-0.05, 0) is 37.1 Å². The van der Waals surface area contributed by atoms with Crippen molar-refractivity contribution in [3.8, 4) is 0 Å². The minimum Gasteiger partial charge on any atom is -0.383 e. The molecule has 0 radical (unpaired) electrons. The third kappa shape index (κ3) is 6.14. The van der Waals surface area contributed by atoms with Crippen LogP contribution in [0.2, 0.25) is 5.02 Å². The molecule has 1 aromatic heterocycles. The first-order valence-electron chi connectivity index (χ1n) is 9.70. The Morgan fingerprint density at radius 3 is 2.52 bits per heavy atom. The summed E-state index contributed by atoms with van der Waals surface area (Å²) in [5, 5.41) is 0.660. The van der Waals surface area contributed by atoms with E-state index < -0.39 is 11.2 Å². The summed E-state index contributed by atoms with van der Waals surface area (Å²) in [6, 6.07) is 7.39. The predicted molar refractivity (Wildman–Crippen MR) is 120 cm³/mol. The number of nitrogen functional groups attached to an aromatic ring is 1. The van der Waals surface area contributed by atoms with E-state index in [2.05, 4.69) is 4.98 Å². The molecule has 2 rings (SSSR count). The lowest BCUT2D eigenvalue weighted by atomic mass is 10.3. The van der Waals surface area contributed by atoms with E-state index in [-0.39, 0.29) is 23.8 Å². The van der Waals surface area contributed by atoms with Gasteiger partial charge in [-0.25, -0.2) is 4.79 Å². The minimum absolute atomic E-state index is 0.0411. The lowest BCUT2D eigenvalue weighted by Crippen LogP contribution is -2.41. The number of nitrogens with zero attached hydrogens (tertiary/aromatic N) is 2. The third-order valence-corrected chi connectivity index (χ3v) is 5.63. The van der Waals surface area contributed by atoms with Crippen LogP contribution in [0.15, 0.2) is 38.8 Å². The number of hydrogen-bond acceptors (Lipinski definition) is 5. The van der Waals surface area contributed by atoms with E-state index in [4.69, 9.17) is 17.3 Å². The Morgan fingerprint density at radius 1 is 1.21 bits per heavy atom. The van der Waals surface area contributed by atoms with Gasteiger partial charge in [0.15, 0.2) is 5.69 Å². The number of nitrogens with one attached hydrogen (secondary N) is 1. The maximum absolute atomic E-state index is 12.9. The zero-order chi connectivity index (χ0) is 21.4. The first-order valence-corrected chi connectivity index (χ1v) is 11.1. The summed E-state index contributed by atoms with van der Waals surface area (Å²) in [5.74, 6) is 0.388. The number of anilines is 2. The quantitative estimate of drug-likeness (QED) is 0.553. The number of nitrogens with two attached hydrogens (primary N) is 1. The Hall–Kier alpha value is -2.19. The second kappa shape index (κ2) is 11.1. The van der Waals surface area contributed by atoms with Gasteiger partial charge < -0.3 is 10.6 Å². The van der Waals surface area contributed by atoms with Crippen molar-refractivity contribution < 1.29 is 4.79 Å². The lowest BCUT2D eigenvalue weighted by Gasteiger charge is -2.24. The van der Waals surface area contributed by atoms with Gasteiger partial charge in [0.25, 0.3) is 5.56 Å². The zero-order valence-electron chi connectivity index (χ0n) is 16.7. The number of carbonyl (C=O) groups is 1. The van der Waals surface area contributed by atoms with Crippen LogP contribution in [0.3, 0.4) is 0 Å². The molecule has 0 saturated heterocycles. The largest absolute Gasteiger partial charge is 0.383 e. The van der Waals surface area contributed by atoms with Gasteiger partial charge in [0.05, 0.1) is 0 Å². The Labute approximate surface area is 179 Å². The number of thioether (sulfide) groups is 1. The molecule has 2 aromatic rings. The molecule has 0 fully saturated rings. The highest BCUT2D eigenvalue weighted by atomic mass is 35.5. The first kappa shape index (κ1) is 23.1. The fraction of sp³-hybridized carbons (Fsp3) is 0.450. The number of halogens is 1. The van der Waals surface area contributed by atoms with Crippen molar-refractivity contribution in [3.05, 3.63) is 50.1 Å². The van der Waals surface area contributed by atoms with E-state index in [0.29, 0.717) is 30.3 Å². The van der Waals surface area contributed by atoms with E-state index in [9.17, 15) is 14.4 Å². The standard InChI is InChI=1S/C20H27ClN4O3S/c1-3-5-12-25-18(22)17(19(27)23-20(25)28)24(11-4-2)16(26)10-13-29-15-8-6-14(21)7-9-15/h6-9H,3-5,10-13,22H2,1-2H3,(H,23,27,28). The van der Waals surface area contributed by atoms with Crippen molar-refractivity contribution in [2.45, 2.75) is 51.0 Å². The molecule has 29 heavy (non-hydrogen) atoms. The van der Waals surface area contributed by atoms with Crippen LogP contribution in [0.25, 0.3) is 0 Å². The molecule has 3 N–H and O–H groups in total. The summed E-state index contributed by atoms with van der Waals surface area (Å²) in [4.78, 5) is 42.2. The van der Waals surface area contributed by atoms with Crippen LogP contribution in [-0.2, 0) is 11.3 Å². The number of benzene rings is 1. The summed E-state index contributed by atoms with van der Waals surface area (Å²) < 4.78 is 1.33. The maximum atomic E-state index is 12.9. The lowest BCUT2D eigenvalue weighted by molar-refractivity contribution is -0.118. The Balaban J connectivity index is 2.21. The number of aromatic nitrogens is 2. The second-order valence-electron chi connectivity index (χ2n) is 6.60. The predicted octanol–water partition coefficient (Wildman–Crippen LogP) is 3.50. The highest BCUT2D eigenvalue weighted by Crippen LogP contribution is 2.23. The average Bonchev–Trinajstić information content (AvgIpc) is 2.68. The van der Waals surface area contributed by atoms with Crippen LogP contribution in [-0.4, -0.2) is 27.8 Å². The topological polar surface area (TPSA) is 101 Å². The molecule has 0 saturated carbocycles. The van der Waals surface area contributed by atoms with E-state index in [1.807, 2.05) is 26.0 Å². The highest BCUT2D eigenvalue weighted by molar-refractivity contribution is 7.99. The van der Waals surface area contributed by atoms with E-state index in [1.54, 1.807) is 12.1 Å². The SMILES string of the molecule is CCCCn1c(N)c(N(CCC)C(=O)CCSc2ccc(Cl)cc2)c(=O)[nH]c1=O.